The second kappa shape index (κ2) is 5.84. The van der Waals surface area contributed by atoms with E-state index in [0.717, 1.165) is 29.1 Å². The standard InChI is InChI=1S/C19H22O4/c1-12-10-13(8-9-19(2)17(20)6-7-18(19)21)15-5-4-14(22-3)11-16(15)23-12/h4-5,8,11-12H,6-7,9-10H2,1-3H3/b13-8+/t12-/m1/s1. The molecular weight excluding hydrogens is 292 g/mol. The summed E-state index contributed by atoms with van der Waals surface area (Å²) in [5.74, 6) is 1.68. The van der Waals surface area contributed by atoms with Crippen molar-refractivity contribution in [3.05, 3.63) is 29.8 Å². The van der Waals surface area contributed by atoms with Gasteiger partial charge in [-0.05, 0) is 38.0 Å². The summed E-state index contributed by atoms with van der Waals surface area (Å²) in [5.41, 5.74) is 1.31. The lowest BCUT2D eigenvalue weighted by atomic mass is 9.81. The highest BCUT2D eigenvalue weighted by Crippen LogP contribution is 2.41. The van der Waals surface area contributed by atoms with Gasteiger partial charge in [0.2, 0.25) is 0 Å². The Morgan fingerprint density at radius 3 is 2.65 bits per heavy atom. The smallest absolute Gasteiger partial charge is 0.146 e. The first-order valence-corrected chi connectivity index (χ1v) is 8.05. The van der Waals surface area contributed by atoms with Gasteiger partial charge in [0.05, 0.1) is 18.6 Å². The van der Waals surface area contributed by atoms with Crippen LogP contribution in [-0.4, -0.2) is 24.8 Å². The van der Waals surface area contributed by atoms with Crippen LogP contribution in [0.15, 0.2) is 24.3 Å². The van der Waals surface area contributed by atoms with Gasteiger partial charge in [-0.3, -0.25) is 9.59 Å². The minimum atomic E-state index is -0.846. The summed E-state index contributed by atoms with van der Waals surface area (Å²) in [5, 5.41) is 0. The average molecular weight is 314 g/mol. The molecule has 2 aliphatic rings. The van der Waals surface area contributed by atoms with E-state index in [2.05, 4.69) is 0 Å². The number of Topliss-reactive ketones (excluding diaryl/α,β-unsaturated/α-hetero) is 2. The topological polar surface area (TPSA) is 52.6 Å². The number of benzene rings is 1. The maximum Gasteiger partial charge on any atom is 0.146 e. The predicted octanol–water partition coefficient (Wildman–Crippen LogP) is 3.58. The van der Waals surface area contributed by atoms with E-state index in [1.165, 1.54) is 0 Å². The summed E-state index contributed by atoms with van der Waals surface area (Å²) >= 11 is 0. The van der Waals surface area contributed by atoms with Crippen molar-refractivity contribution in [1.29, 1.82) is 0 Å². The molecule has 0 radical (unpaired) electrons. The number of rotatable bonds is 3. The van der Waals surface area contributed by atoms with E-state index in [1.807, 2.05) is 31.2 Å². The monoisotopic (exact) mass is 314 g/mol. The minimum absolute atomic E-state index is 0.0589. The first-order valence-electron chi connectivity index (χ1n) is 8.05. The second-order valence-electron chi connectivity index (χ2n) is 6.61. The number of hydrogen-bond acceptors (Lipinski definition) is 4. The van der Waals surface area contributed by atoms with E-state index in [1.54, 1.807) is 14.0 Å². The predicted molar refractivity (Wildman–Crippen MR) is 87.7 cm³/mol. The number of fused-ring (bicyclic) bond motifs is 1. The van der Waals surface area contributed by atoms with Crippen LogP contribution in [0.5, 0.6) is 11.5 Å². The minimum Gasteiger partial charge on any atom is -0.497 e. The SMILES string of the molecule is COc1ccc2c(c1)O[C@H](C)C/C2=C\CC1(C)C(=O)CCC1=O. The van der Waals surface area contributed by atoms with Gasteiger partial charge in [-0.15, -0.1) is 0 Å². The van der Waals surface area contributed by atoms with E-state index in [0.29, 0.717) is 19.3 Å². The van der Waals surface area contributed by atoms with Crippen LogP contribution in [0.25, 0.3) is 5.57 Å². The van der Waals surface area contributed by atoms with Gasteiger partial charge < -0.3 is 9.47 Å². The molecule has 1 fully saturated rings. The highest BCUT2D eigenvalue weighted by Gasteiger charge is 2.44. The number of ketones is 2. The molecule has 1 saturated carbocycles. The third-order valence-electron chi connectivity index (χ3n) is 4.94. The molecule has 0 bridgehead atoms. The highest BCUT2D eigenvalue weighted by molar-refractivity contribution is 6.12. The maximum absolute atomic E-state index is 12.1. The fourth-order valence-electron chi connectivity index (χ4n) is 3.35. The number of carbonyl (C=O) groups is 2. The average Bonchev–Trinajstić information content (AvgIpc) is 2.79. The van der Waals surface area contributed by atoms with E-state index in [4.69, 9.17) is 9.47 Å². The van der Waals surface area contributed by atoms with Crippen molar-refractivity contribution in [1.82, 2.24) is 0 Å². The van der Waals surface area contributed by atoms with Crippen molar-refractivity contribution in [2.75, 3.05) is 7.11 Å². The first-order chi connectivity index (χ1) is 10.9. The van der Waals surface area contributed by atoms with Crippen LogP contribution in [0.1, 0.15) is 45.1 Å². The van der Waals surface area contributed by atoms with Gasteiger partial charge in [0.15, 0.2) is 0 Å². The summed E-state index contributed by atoms with van der Waals surface area (Å²) < 4.78 is 11.1. The molecule has 1 aliphatic heterocycles. The third kappa shape index (κ3) is 2.78. The molecule has 0 aromatic heterocycles. The summed E-state index contributed by atoms with van der Waals surface area (Å²) in [4.78, 5) is 24.2. The molecule has 0 amide bonds. The molecule has 0 saturated heterocycles. The Kier molecular flexibility index (Phi) is 4.00. The number of carbonyl (C=O) groups excluding carboxylic acids is 2. The maximum atomic E-state index is 12.1. The zero-order valence-electron chi connectivity index (χ0n) is 13.8. The van der Waals surface area contributed by atoms with Crippen molar-refractivity contribution in [3.63, 3.8) is 0 Å². The van der Waals surface area contributed by atoms with Crippen LogP contribution in [0, 0.1) is 5.41 Å². The van der Waals surface area contributed by atoms with Crippen molar-refractivity contribution >= 4 is 17.1 Å². The van der Waals surface area contributed by atoms with Crippen LogP contribution in [0.2, 0.25) is 0 Å². The Morgan fingerprint density at radius 2 is 2.00 bits per heavy atom. The van der Waals surface area contributed by atoms with Crippen LogP contribution in [0.4, 0.5) is 0 Å². The highest BCUT2D eigenvalue weighted by atomic mass is 16.5. The lowest BCUT2D eigenvalue weighted by molar-refractivity contribution is -0.133. The van der Waals surface area contributed by atoms with E-state index < -0.39 is 5.41 Å². The summed E-state index contributed by atoms with van der Waals surface area (Å²) in [6.45, 7) is 3.79. The Morgan fingerprint density at radius 1 is 1.30 bits per heavy atom. The molecule has 3 rings (SSSR count). The van der Waals surface area contributed by atoms with E-state index >= 15 is 0 Å². The summed E-state index contributed by atoms with van der Waals surface area (Å²) in [6, 6.07) is 5.76. The molecule has 23 heavy (non-hydrogen) atoms. The van der Waals surface area contributed by atoms with Gasteiger partial charge in [-0.1, -0.05) is 6.08 Å². The quantitative estimate of drug-likeness (QED) is 0.800. The van der Waals surface area contributed by atoms with E-state index in [-0.39, 0.29) is 17.7 Å². The molecule has 1 atom stereocenters. The third-order valence-corrected chi connectivity index (χ3v) is 4.94. The van der Waals surface area contributed by atoms with Gasteiger partial charge in [-0.2, -0.15) is 0 Å². The van der Waals surface area contributed by atoms with Gasteiger partial charge in [0.25, 0.3) is 0 Å². The lowest BCUT2D eigenvalue weighted by Crippen LogP contribution is -2.28. The van der Waals surface area contributed by atoms with Crippen LogP contribution in [0.3, 0.4) is 0 Å². The van der Waals surface area contributed by atoms with Crippen molar-refractivity contribution < 1.29 is 19.1 Å². The Balaban J connectivity index is 1.92. The number of ether oxygens (including phenoxy) is 2. The molecule has 1 aromatic carbocycles. The van der Waals surface area contributed by atoms with Crippen LogP contribution in [-0.2, 0) is 9.59 Å². The summed E-state index contributed by atoms with van der Waals surface area (Å²) in [7, 11) is 1.63. The second-order valence-corrected chi connectivity index (χ2v) is 6.61. The Labute approximate surface area is 136 Å². The molecule has 0 spiro atoms. The number of allylic oxidation sites excluding steroid dienone is 1. The van der Waals surface area contributed by atoms with Gasteiger partial charge in [0.1, 0.15) is 23.1 Å². The first kappa shape index (κ1) is 15.8. The molecule has 122 valence electrons. The van der Waals surface area contributed by atoms with Crippen molar-refractivity contribution in [2.45, 2.75) is 45.6 Å². The molecule has 1 heterocycles. The molecular formula is C19H22O4. The molecule has 1 aromatic rings. The zero-order valence-corrected chi connectivity index (χ0v) is 13.8. The molecule has 1 aliphatic carbocycles. The van der Waals surface area contributed by atoms with Gasteiger partial charge in [0, 0.05) is 30.9 Å². The molecule has 0 unspecified atom stereocenters. The summed E-state index contributed by atoms with van der Waals surface area (Å²) in [6.07, 6.45) is 4.11. The van der Waals surface area contributed by atoms with Crippen molar-refractivity contribution in [2.24, 2.45) is 5.41 Å². The van der Waals surface area contributed by atoms with Gasteiger partial charge >= 0.3 is 0 Å². The van der Waals surface area contributed by atoms with Gasteiger partial charge in [-0.25, -0.2) is 0 Å². The molecule has 0 N–H and O–H groups in total. The molecule has 4 nitrogen and oxygen atoms in total. The molecule has 4 heteroatoms. The number of methoxy groups -OCH3 is 1. The van der Waals surface area contributed by atoms with E-state index in [9.17, 15) is 9.59 Å². The Bertz CT molecular complexity index is 671. The zero-order chi connectivity index (χ0) is 16.6. The van der Waals surface area contributed by atoms with Crippen LogP contribution < -0.4 is 9.47 Å². The lowest BCUT2D eigenvalue weighted by Gasteiger charge is -2.27. The largest absolute Gasteiger partial charge is 0.497 e. The Hall–Kier alpha value is -2.10. The van der Waals surface area contributed by atoms with Crippen molar-refractivity contribution in [3.8, 4) is 11.5 Å². The fraction of sp³-hybridized carbons (Fsp3) is 0.474. The normalized spacial score (nSPS) is 24.5. The van der Waals surface area contributed by atoms with Crippen LogP contribution >= 0.6 is 0 Å². The fourth-order valence-corrected chi connectivity index (χ4v) is 3.35. The number of hydrogen-bond donors (Lipinski definition) is 0.